The fourth-order valence-corrected chi connectivity index (χ4v) is 6.53. The molecule has 3 aromatic rings. The van der Waals surface area contributed by atoms with Gasteiger partial charge in [-0.2, -0.15) is 5.10 Å². The van der Waals surface area contributed by atoms with E-state index in [2.05, 4.69) is 37.5 Å². The summed E-state index contributed by atoms with van der Waals surface area (Å²) < 4.78 is 1.80. The van der Waals surface area contributed by atoms with Crippen LogP contribution >= 0.6 is 34.7 Å². The summed E-state index contributed by atoms with van der Waals surface area (Å²) in [4.78, 5) is 29.2. The molecule has 0 spiro atoms. The highest BCUT2D eigenvalue weighted by Gasteiger charge is 2.40. The minimum absolute atomic E-state index is 0.0318. The number of carbonyl (C=O) groups is 2. The van der Waals surface area contributed by atoms with Crippen LogP contribution in [-0.2, 0) is 15.0 Å². The number of rotatable bonds is 5. The number of fused-ring (bicyclic) bond motifs is 1. The van der Waals surface area contributed by atoms with E-state index in [1.54, 1.807) is 32.7 Å². The second kappa shape index (κ2) is 9.06. The Bertz CT molecular complexity index is 1230. The van der Waals surface area contributed by atoms with Gasteiger partial charge in [0.2, 0.25) is 11.8 Å². The van der Waals surface area contributed by atoms with E-state index in [9.17, 15) is 9.59 Å². The molecule has 2 aromatic heterocycles. The molecule has 0 bridgehead atoms. The highest BCUT2D eigenvalue weighted by molar-refractivity contribution is 8.00. The van der Waals surface area contributed by atoms with Crippen LogP contribution in [0.4, 0.5) is 5.82 Å². The van der Waals surface area contributed by atoms with Crippen molar-refractivity contribution in [3.05, 3.63) is 62.9 Å². The number of hydrogen-bond acceptors (Lipinski definition) is 5. The number of carbonyl (C=O) groups excluding carboxylic acids is 2. The minimum atomic E-state index is -0.278. The van der Waals surface area contributed by atoms with E-state index < -0.39 is 0 Å². The molecule has 2 amide bonds. The van der Waals surface area contributed by atoms with Gasteiger partial charge in [-0.15, -0.1) is 23.1 Å². The molecule has 1 aromatic carbocycles. The molecule has 0 saturated heterocycles. The quantitative estimate of drug-likeness (QED) is 0.499. The summed E-state index contributed by atoms with van der Waals surface area (Å²) in [6.45, 7) is 6.36. The number of anilines is 1. The Balaban J connectivity index is 1.74. The van der Waals surface area contributed by atoms with E-state index in [0.717, 1.165) is 29.8 Å². The third-order valence-electron chi connectivity index (χ3n) is 5.90. The fraction of sp³-hybridized carbons (Fsp3) is 0.400. The summed E-state index contributed by atoms with van der Waals surface area (Å²) in [5.41, 5.74) is 2.39. The molecule has 5 rings (SSSR count). The van der Waals surface area contributed by atoms with Gasteiger partial charge >= 0.3 is 0 Å². The standard InChI is InChI=1S/C25H27ClN4O2S2/c1-25(2,3)23-21-22(18-8-5-11-33-18)34-14-20(32)29(13-19(31)27-16-9-10-16)24(21)30(28-23)17-7-4-6-15(26)12-17/h4-8,11-12,16,22H,9-10,13-14H2,1-3H3,(H,27,31)/t22-/m1/s1. The lowest BCUT2D eigenvalue weighted by Crippen LogP contribution is -2.43. The molecule has 2 aliphatic rings. The lowest BCUT2D eigenvalue weighted by atomic mass is 9.88. The number of thiophene rings is 1. The minimum Gasteiger partial charge on any atom is -0.352 e. The maximum Gasteiger partial charge on any atom is 0.240 e. The normalized spacial score (nSPS) is 18.5. The van der Waals surface area contributed by atoms with Crippen molar-refractivity contribution in [3.8, 4) is 5.69 Å². The lowest BCUT2D eigenvalue weighted by molar-refractivity contribution is -0.123. The third-order valence-corrected chi connectivity index (χ3v) is 8.46. The number of nitrogens with one attached hydrogen (secondary N) is 1. The molecule has 178 valence electrons. The Hall–Kier alpha value is -2.29. The Labute approximate surface area is 212 Å². The van der Waals surface area contributed by atoms with E-state index in [4.69, 9.17) is 16.7 Å². The number of nitrogens with zero attached hydrogens (tertiary/aromatic N) is 3. The van der Waals surface area contributed by atoms with Crippen molar-refractivity contribution in [2.75, 3.05) is 17.2 Å². The number of hydrogen-bond donors (Lipinski definition) is 1. The smallest absolute Gasteiger partial charge is 0.240 e. The van der Waals surface area contributed by atoms with Crippen molar-refractivity contribution in [3.63, 3.8) is 0 Å². The van der Waals surface area contributed by atoms with Crippen LogP contribution in [0, 0.1) is 0 Å². The van der Waals surface area contributed by atoms with Crippen LogP contribution < -0.4 is 10.2 Å². The fourth-order valence-electron chi connectivity index (χ4n) is 4.17. The van der Waals surface area contributed by atoms with Crippen molar-refractivity contribution >= 4 is 52.3 Å². The first kappa shape index (κ1) is 23.5. The molecule has 1 fully saturated rings. The number of thioether (sulfide) groups is 1. The van der Waals surface area contributed by atoms with Crippen molar-refractivity contribution in [2.45, 2.75) is 50.3 Å². The molecule has 3 heterocycles. The predicted molar refractivity (Wildman–Crippen MR) is 139 cm³/mol. The van der Waals surface area contributed by atoms with Crippen molar-refractivity contribution in [1.82, 2.24) is 15.1 Å². The van der Waals surface area contributed by atoms with E-state index in [0.29, 0.717) is 10.8 Å². The molecular formula is C25H27ClN4O2S2. The molecular weight excluding hydrogens is 488 g/mol. The molecule has 1 N–H and O–H groups in total. The van der Waals surface area contributed by atoms with Crippen LogP contribution in [0.15, 0.2) is 41.8 Å². The summed E-state index contributed by atoms with van der Waals surface area (Å²) in [5, 5.41) is 10.7. The van der Waals surface area contributed by atoms with Gasteiger partial charge in [-0.1, -0.05) is 44.5 Å². The monoisotopic (exact) mass is 514 g/mol. The Morgan fingerprint density at radius 3 is 2.68 bits per heavy atom. The predicted octanol–water partition coefficient (Wildman–Crippen LogP) is 5.33. The highest BCUT2D eigenvalue weighted by atomic mass is 35.5. The van der Waals surface area contributed by atoms with E-state index in [1.807, 2.05) is 30.3 Å². The number of halogens is 1. The lowest BCUT2D eigenvalue weighted by Gasteiger charge is -2.24. The summed E-state index contributed by atoms with van der Waals surface area (Å²) in [6.07, 6.45) is 1.99. The summed E-state index contributed by atoms with van der Waals surface area (Å²) in [5.74, 6) is 0.705. The topological polar surface area (TPSA) is 67.2 Å². The zero-order chi connectivity index (χ0) is 24.0. The van der Waals surface area contributed by atoms with E-state index >= 15 is 0 Å². The molecule has 1 aliphatic heterocycles. The van der Waals surface area contributed by atoms with Gasteiger partial charge in [0.1, 0.15) is 12.4 Å². The first-order valence-corrected chi connectivity index (χ1v) is 13.7. The summed E-state index contributed by atoms with van der Waals surface area (Å²) >= 11 is 9.62. The SMILES string of the molecule is CC(C)(C)c1nn(-c2cccc(Cl)c2)c2c1[C@@H](c1cccs1)SCC(=O)N2CC(=O)NC1CC1. The Morgan fingerprint density at radius 1 is 1.24 bits per heavy atom. The van der Waals surface area contributed by atoms with E-state index in [-0.39, 0.29) is 40.8 Å². The number of benzene rings is 1. The maximum atomic E-state index is 13.5. The Kier molecular flexibility index (Phi) is 6.25. The Morgan fingerprint density at radius 2 is 2.03 bits per heavy atom. The van der Waals surface area contributed by atoms with Gasteiger partial charge in [0, 0.05) is 26.9 Å². The molecule has 9 heteroatoms. The van der Waals surface area contributed by atoms with Gasteiger partial charge in [-0.05, 0) is 42.5 Å². The zero-order valence-corrected chi connectivity index (χ0v) is 21.8. The van der Waals surface area contributed by atoms with Crippen LogP contribution in [0.5, 0.6) is 0 Å². The van der Waals surface area contributed by atoms with Gasteiger partial charge in [0.25, 0.3) is 0 Å². The number of aromatic nitrogens is 2. The molecule has 0 radical (unpaired) electrons. The first-order chi connectivity index (χ1) is 16.2. The van der Waals surface area contributed by atoms with Crippen molar-refractivity contribution < 1.29 is 9.59 Å². The van der Waals surface area contributed by atoms with Crippen molar-refractivity contribution in [2.24, 2.45) is 0 Å². The van der Waals surface area contributed by atoms with Gasteiger partial charge < -0.3 is 5.32 Å². The molecule has 6 nitrogen and oxygen atoms in total. The van der Waals surface area contributed by atoms with Crippen molar-refractivity contribution in [1.29, 1.82) is 0 Å². The first-order valence-electron chi connectivity index (χ1n) is 11.4. The van der Waals surface area contributed by atoms with Gasteiger partial charge in [-0.3, -0.25) is 14.5 Å². The summed E-state index contributed by atoms with van der Waals surface area (Å²) in [6, 6.07) is 11.8. The van der Waals surface area contributed by atoms with Gasteiger partial charge in [0.05, 0.1) is 22.4 Å². The average Bonchev–Trinajstić information content (AvgIpc) is 3.29. The van der Waals surface area contributed by atoms with E-state index in [1.165, 1.54) is 4.88 Å². The van der Waals surface area contributed by atoms with Gasteiger partial charge in [0.15, 0.2) is 0 Å². The molecule has 34 heavy (non-hydrogen) atoms. The molecule has 1 saturated carbocycles. The second-order valence-electron chi connectivity index (χ2n) is 9.76. The number of amides is 2. The van der Waals surface area contributed by atoms with Crippen LogP contribution in [0.25, 0.3) is 5.69 Å². The maximum absolute atomic E-state index is 13.5. The summed E-state index contributed by atoms with van der Waals surface area (Å²) in [7, 11) is 0. The van der Waals surface area contributed by atoms with Crippen LogP contribution in [0.3, 0.4) is 0 Å². The molecule has 1 atom stereocenters. The third kappa shape index (κ3) is 4.63. The van der Waals surface area contributed by atoms with Crippen LogP contribution in [0.1, 0.15) is 55.0 Å². The average molecular weight is 515 g/mol. The largest absolute Gasteiger partial charge is 0.352 e. The van der Waals surface area contributed by atoms with Crippen LogP contribution in [-0.4, -0.2) is 39.9 Å². The molecule has 0 unspecified atom stereocenters. The van der Waals surface area contributed by atoms with Crippen LogP contribution in [0.2, 0.25) is 5.02 Å². The molecule has 1 aliphatic carbocycles. The van der Waals surface area contributed by atoms with Gasteiger partial charge in [-0.25, -0.2) is 4.68 Å². The highest BCUT2D eigenvalue weighted by Crippen LogP contribution is 2.49. The zero-order valence-electron chi connectivity index (χ0n) is 19.4. The second-order valence-corrected chi connectivity index (χ2v) is 12.3.